The standard InChI is InChI=1S/C23H23ClF3N3O2/c1-3-5-20(15-6-4-7-16(12-15)23(25,26)27)29-22(31)19-13-28-30(21(19)14-32-2)18-10-8-17(24)9-11-18/h4,6-13,20H,3,5,14H2,1-2H3,(H,29,31). The average molecular weight is 466 g/mol. The fourth-order valence-electron chi connectivity index (χ4n) is 3.42. The van der Waals surface area contributed by atoms with E-state index in [2.05, 4.69) is 10.4 Å². The van der Waals surface area contributed by atoms with Crippen LogP contribution >= 0.6 is 11.6 Å². The first-order chi connectivity index (χ1) is 15.2. The Bertz CT molecular complexity index is 1070. The maximum absolute atomic E-state index is 13.2. The predicted octanol–water partition coefficient (Wildman–Crippen LogP) is 5.96. The van der Waals surface area contributed by atoms with Crippen LogP contribution in [0.2, 0.25) is 5.02 Å². The van der Waals surface area contributed by atoms with Gasteiger partial charge in [-0.05, 0) is 48.4 Å². The number of carbonyl (C=O) groups excluding carboxylic acids is 1. The molecule has 0 spiro atoms. The van der Waals surface area contributed by atoms with Crippen molar-refractivity contribution in [3.63, 3.8) is 0 Å². The largest absolute Gasteiger partial charge is 0.416 e. The predicted molar refractivity (Wildman–Crippen MR) is 116 cm³/mol. The van der Waals surface area contributed by atoms with Gasteiger partial charge in [0.1, 0.15) is 0 Å². The first-order valence-corrected chi connectivity index (χ1v) is 10.4. The summed E-state index contributed by atoms with van der Waals surface area (Å²) in [5.74, 6) is -0.437. The Hall–Kier alpha value is -2.84. The van der Waals surface area contributed by atoms with Crippen LogP contribution in [0, 0.1) is 0 Å². The zero-order valence-corrected chi connectivity index (χ0v) is 18.4. The molecule has 0 fully saturated rings. The number of aromatic nitrogens is 2. The number of rotatable bonds is 8. The molecule has 3 rings (SSSR count). The van der Waals surface area contributed by atoms with Crippen molar-refractivity contribution in [2.24, 2.45) is 0 Å². The van der Waals surface area contributed by atoms with E-state index in [1.807, 2.05) is 6.92 Å². The van der Waals surface area contributed by atoms with Crippen LogP contribution in [-0.2, 0) is 17.5 Å². The molecule has 0 radical (unpaired) electrons. The van der Waals surface area contributed by atoms with Crippen LogP contribution in [0.25, 0.3) is 5.69 Å². The summed E-state index contributed by atoms with van der Waals surface area (Å²) in [6.07, 6.45) is -1.87. The second-order valence-corrected chi connectivity index (χ2v) is 7.70. The third kappa shape index (κ3) is 5.49. The van der Waals surface area contributed by atoms with Crippen LogP contribution < -0.4 is 5.32 Å². The topological polar surface area (TPSA) is 56.2 Å². The molecule has 3 aromatic rings. The third-order valence-corrected chi connectivity index (χ3v) is 5.22. The number of nitrogens with zero attached hydrogens (tertiary/aromatic N) is 2. The maximum atomic E-state index is 13.2. The van der Waals surface area contributed by atoms with Gasteiger partial charge in [-0.1, -0.05) is 37.1 Å². The van der Waals surface area contributed by atoms with Crippen molar-refractivity contribution in [1.29, 1.82) is 0 Å². The van der Waals surface area contributed by atoms with Crippen LogP contribution in [0.15, 0.2) is 54.7 Å². The molecule has 1 N–H and O–H groups in total. The minimum atomic E-state index is -4.46. The van der Waals surface area contributed by atoms with E-state index in [4.69, 9.17) is 16.3 Å². The van der Waals surface area contributed by atoms with Crippen molar-refractivity contribution in [1.82, 2.24) is 15.1 Å². The van der Waals surface area contributed by atoms with Crippen LogP contribution in [0.1, 0.15) is 53.0 Å². The van der Waals surface area contributed by atoms with E-state index in [1.54, 1.807) is 35.0 Å². The van der Waals surface area contributed by atoms with Crippen LogP contribution in [0.3, 0.4) is 0 Å². The lowest BCUT2D eigenvalue weighted by Gasteiger charge is -2.20. The Labute approximate surface area is 189 Å². The highest BCUT2D eigenvalue weighted by Crippen LogP contribution is 2.31. The first kappa shape index (κ1) is 23.8. The Morgan fingerprint density at radius 3 is 2.56 bits per heavy atom. The van der Waals surface area contributed by atoms with E-state index >= 15 is 0 Å². The fourth-order valence-corrected chi connectivity index (χ4v) is 3.55. The quantitative estimate of drug-likeness (QED) is 0.446. The van der Waals surface area contributed by atoms with Crippen LogP contribution in [0.5, 0.6) is 0 Å². The minimum Gasteiger partial charge on any atom is -0.378 e. The summed E-state index contributed by atoms with van der Waals surface area (Å²) < 4.78 is 46.3. The van der Waals surface area contributed by atoms with E-state index < -0.39 is 23.7 Å². The van der Waals surface area contributed by atoms with E-state index in [9.17, 15) is 18.0 Å². The molecule has 1 atom stereocenters. The van der Waals surface area contributed by atoms with Crippen molar-refractivity contribution < 1.29 is 22.7 Å². The van der Waals surface area contributed by atoms with Gasteiger partial charge in [0.2, 0.25) is 0 Å². The molecule has 9 heteroatoms. The third-order valence-electron chi connectivity index (χ3n) is 4.96. The lowest BCUT2D eigenvalue weighted by molar-refractivity contribution is -0.137. The summed E-state index contributed by atoms with van der Waals surface area (Å²) >= 11 is 5.95. The van der Waals surface area contributed by atoms with Gasteiger partial charge >= 0.3 is 6.18 Å². The van der Waals surface area contributed by atoms with Crippen LogP contribution in [0.4, 0.5) is 13.2 Å². The zero-order chi connectivity index (χ0) is 23.3. The number of methoxy groups -OCH3 is 1. The molecule has 1 unspecified atom stereocenters. The molecule has 1 amide bonds. The van der Waals surface area contributed by atoms with Gasteiger partial charge in [0.05, 0.1) is 41.4 Å². The highest BCUT2D eigenvalue weighted by molar-refractivity contribution is 6.30. The van der Waals surface area contributed by atoms with Gasteiger partial charge in [0.25, 0.3) is 5.91 Å². The molecular formula is C23H23ClF3N3O2. The molecule has 0 bridgehead atoms. The summed E-state index contributed by atoms with van der Waals surface area (Å²) in [6.45, 7) is 2.02. The minimum absolute atomic E-state index is 0.118. The molecular weight excluding hydrogens is 443 g/mol. The molecule has 1 aromatic heterocycles. The van der Waals surface area contributed by atoms with Gasteiger partial charge < -0.3 is 10.1 Å². The second-order valence-electron chi connectivity index (χ2n) is 7.26. The summed E-state index contributed by atoms with van der Waals surface area (Å²) in [5, 5.41) is 7.74. The summed E-state index contributed by atoms with van der Waals surface area (Å²) in [6, 6.07) is 11.4. The van der Waals surface area contributed by atoms with E-state index in [0.29, 0.717) is 34.8 Å². The molecule has 0 aliphatic rings. The molecule has 0 saturated carbocycles. The number of benzene rings is 2. The van der Waals surface area contributed by atoms with E-state index in [0.717, 1.165) is 12.1 Å². The van der Waals surface area contributed by atoms with E-state index in [-0.39, 0.29) is 12.2 Å². The van der Waals surface area contributed by atoms with Gasteiger partial charge in [-0.15, -0.1) is 0 Å². The number of carbonyl (C=O) groups is 1. The molecule has 1 heterocycles. The first-order valence-electron chi connectivity index (χ1n) is 10.0. The van der Waals surface area contributed by atoms with Gasteiger partial charge in [-0.2, -0.15) is 18.3 Å². The van der Waals surface area contributed by atoms with Crippen molar-refractivity contribution in [2.75, 3.05) is 7.11 Å². The summed E-state index contributed by atoms with van der Waals surface area (Å²) in [4.78, 5) is 13.1. The van der Waals surface area contributed by atoms with Gasteiger partial charge in [0, 0.05) is 12.1 Å². The number of nitrogens with one attached hydrogen (secondary N) is 1. The highest BCUT2D eigenvalue weighted by atomic mass is 35.5. The van der Waals surface area contributed by atoms with Gasteiger partial charge in [0.15, 0.2) is 0 Å². The normalized spacial score (nSPS) is 12.6. The Kier molecular flexibility index (Phi) is 7.58. The van der Waals surface area contributed by atoms with Gasteiger partial charge in [-0.25, -0.2) is 4.68 Å². The molecule has 5 nitrogen and oxygen atoms in total. The van der Waals surface area contributed by atoms with Crippen molar-refractivity contribution in [3.05, 3.63) is 82.1 Å². The second kappa shape index (κ2) is 10.2. The number of amides is 1. The fraction of sp³-hybridized carbons (Fsp3) is 0.304. The van der Waals surface area contributed by atoms with Crippen molar-refractivity contribution >= 4 is 17.5 Å². The SMILES string of the molecule is CCCC(NC(=O)c1cnn(-c2ccc(Cl)cc2)c1COC)c1cccc(C(F)(F)F)c1. The number of halogens is 4. The molecule has 32 heavy (non-hydrogen) atoms. The molecule has 0 saturated heterocycles. The Morgan fingerprint density at radius 2 is 1.94 bits per heavy atom. The number of hydrogen-bond acceptors (Lipinski definition) is 3. The molecule has 170 valence electrons. The molecule has 0 aliphatic heterocycles. The number of alkyl halides is 3. The maximum Gasteiger partial charge on any atom is 0.416 e. The smallest absolute Gasteiger partial charge is 0.378 e. The molecule has 0 aliphatic carbocycles. The summed E-state index contributed by atoms with van der Waals surface area (Å²) in [7, 11) is 1.50. The summed E-state index contributed by atoms with van der Waals surface area (Å²) in [5.41, 5.74) is 1.15. The lowest BCUT2D eigenvalue weighted by Crippen LogP contribution is -2.29. The Balaban J connectivity index is 1.91. The number of hydrogen-bond donors (Lipinski definition) is 1. The van der Waals surface area contributed by atoms with Crippen LogP contribution in [-0.4, -0.2) is 22.8 Å². The lowest BCUT2D eigenvalue weighted by atomic mass is 9.99. The Morgan fingerprint density at radius 1 is 1.22 bits per heavy atom. The monoisotopic (exact) mass is 465 g/mol. The van der Waals surface area contributed by atoms with E-state index in [1.165, 1.54) is 19.4 Å². The highest BCUT2D eigenvalue weighted by Gasteiger charge is 2.31. The molecule has 2 aromatic carbocycles. The average Bonchev–Trinajstić information content (AvgIpc) is 3.17. The zero-order valence-electron chi connectivity index (χ0n) is 17.6. The number of ether oxygens (including phenoxy) is 1. The van der Waals surface area contributed by atoms with Crippen molar-refractivity contribution in [2.45, 2.75) is 38.6 Å². The van der Waals surface area contributed by atoms with Gasteiger partial charge in [-0.3, -0.25) is 4.79 Å². The van der Waals surface area contributed by atoms with Crippen molar-refractivity contribution in [3.8, 4) is 5.69 Å².